The molecule has 2 heterocycles. The van der Waals surface area contributed by atoms with E-state index in [0.29, 0.717) is 47.6 Å². The summed E-state index contributed by atoms with van der Waals surface area (Å²) in [7, 11) is 1.59. The zero-order valence-corrected chi connectivity index (χ0v) is 16.9. The number of ether oxygens (including phenoxy) is 1. The van der Waals surface area contributed by atoms with Gasteiger partial charge in [-0.25, -0.2) is 0 Å². The Balaban J connectivity index is 1.30. The lowest BCUT2D eigenvalue weighted by Crippen LogP contribution is -2.30. The van der Waals surface area contributed by atoms with Crippen molar-refractivity contribution in [3.05, 3.63) is 64.9 Å². The van der Waals surface area contributed by atoms with E-state index in [1.165, 1.54) is 0 Å². The molecule has 1 unspecified atom stereocenters. The van der Waals surface area contributed by atoms with Crippen molar-refractivity contribution in [3.63, 3.8) is 0 Å². The van der Waals surface area contributed by atoms with Gasteiger partial charge in [0.25, 0.3) is 11.8 Å². The fourth-order valence-electron chi connectivity index (χ4n) is 3.08. The van der Waals surface area contributed by atoms with Crippen LogP contribution in [-0.4, -0.2) is 35.0 Å². The van der Waals surface area contributed by atoms with E-state index >= 15 is 0 Å². The largest absolute Gasteiger partial charge is 0.496 e. The van der Waals surface area contributed by atoms with Crippen molar-refractivity contribution in [1.29, 1.82) is 0 Å². The maximum absolute atomic E-state index is 12.4. The second-order valence-corrected chi connectivity index (χ2v) is 7.13. The van der Waals surface area contributed by atoms with Crippen LogP contribution in [0, 0.1) is 0 Å². The van der Waals surface area contributed by atoms with Crippen molar-refractivity contribution in [1.82, 2.24) is 15.5 Å². The third kappa shape index (κ3) is 4.60. The summed E-state index contributed by atoms with van der Waals surface area (Å²) in [5, 5.41) is 11.3. The number of halogens is 1. The molecule has 4 rings (SSSR count). The van der Waals surface area contributed by atoms with E-state index in [4.69, 9.17) is 25.7 Å². The fraction of sp³-hybridized carbons (Fsp3) is 0.238. The molecule has 30 heavy (non-hydrogen) atoms. The van der Waals surface area contributed by atoms with Crippen LogP contribution >= 0.6 is 11.6 Å². The maximum atomic E-state index is 12.4. The van der Waals surface area contributed by atoms with Gasteiger partial charge in [-0.3, -0.25) is 4.79 Å². The molecule has 0 spiro atoms. The summed E-state index contributed by atoms with van der Waals surface area (Å²) in [5.74, 6) is 1.28. The van der Waals surface area contributed by atoms with Gasteiger partial charge in [-0.15, -0.1) is 0 Å². The van der Waals surface area contributed by atoms with E-state index in [1.807, 2.05) is 36.4 Å². The monoisotopic (exact) mass is 426 g/mol. The Labute approximate surface area is 177 Å². The van der Waals surface area contributed by atoms with Gasteiger partial charge in [0.2, 0.25) is 0 Å². The molecule has 0 radical (unpaired) electrons. The van der Waals surface area contributed by atoms with E-state index in [0.717, 1.165) is 11.1 Å². The van der Waals surface area contributed by atoms with Crippen molar-refractivity contribution in [3.8, 4) is 17.2 Å². The molecular weight excluding hydrogens is 408 g/mol. The molecule has 8 nitrogen and oxygen atoms in total. The normalized spacial score (nSPS) is 15.4. The van der Waals surface area contributed by atoms with Crippen LogP contribution in [0.1, 0.15) is 17.8 Å². The van der Waals surface area contributed by atoms with Gasteiger partial charge in [0.1, 0.15) is 17.6 Å². The van der Waals surface area contributed by atoms with E-state index in [-0.39, 0.29) is 12.0 Å². The number of para-hydroxylation sites is 1. The average Bonchev–Trinajstić information content (AvgIpc) is 3.42. The Bertz CT molecular complexity index is 1080. The van der Waals surface area contributed by atoms with E-state index in [9.17, 15) is 4.79 Å². The molecule has 1 aromatic heterocycles. The Hall–Kier alpha value is -3.39. The average molecular weight is 427 g/mol. The molecule has 0 aliphatic carbocycles. The van der Waals surface area contributed by atoms with Gasteiger partial charge in [0, 0.05) is 29.1 Å². The predicted molar refractivity (Wildman–Crippen MR) is 110 cm³/mol. The lowest BCUT2D eigenvalue weighted by molar-refractivity contribution is -0.115. The van der Waals surface area contributed by atoms with Crippen LogP contribution in [0.5, 0.6) is 5.75 Å². The molecule has 1 amide bonds. The SMILES string of the molecule is COc1ccccc1CNC(=O)C1=NOC(Cc2noc(-c3cccc(Cl)c3)n2)C1. The zero-order valence-electron chi connectivity index (χ0n) is 16.2. The molecule has 0 saturated carbocycles. The van der Waals surface area contributed by atoms with Crippen molar-refractivity contribution in [2.45, 2.75) is 25.5 Å². The number of aromatic nitrogens is 2. The minimum absolute atomic E-state index is 0.281. The van der Waals surface area contributed by atoms with Crippen molar-refractivity contribution >= 4 is 23.2 Å². The molecular formula is C21H19ClN4O4. The summed E-state index contributed by atoms with van der Waals surface area (Å²) in [6, 6.07) is 14.7. The van der Waals surface area contributed by atoms with Gasteiger partial charge in [-0.05, 0) is 24.3 Å². The van der Waals surface area contributed by atoms with Gasteiger partial charge in [-0.2, -0.15) is 4.98 Å². The molecule has 1 aliphatic heterocycles. The minimum Gasteiger partial charge on any atom is -0.496 e. The Kier molecular flexibility index (Phi) is 5.94. The summed E-state index contributed by atoms with van der Waals surface area (Å²) < 4.78 is 10.6. The number of rotatable bonds is 7. The van der Waals surface area contributed by atoms with E-state index in [1.54, 1.807) is 19.2 Å². The molecule has 9 heteroatoms. The molecule has 2 aromatic carbocycles. The van der Waals surface area contributed by atoms with Gasteiger partial charge in [0.05, 0.1) is 13.5 Å². The number of hydrogen-bond donors (Lipinski definition) is 1. The Morgan fingerprint density at radius 2 is 2.13 bits per heavy atom. The van der Waals surface area contributed by atoms with Crippen LogP contribution in [-0.2, 0) is 22.6 Å². The number of oxime groups is 1. The van der Waals surface area contributed by atoms with Gasteiger partial charge >= 0.3 is 0 Å². The number of carbonyl (C=O) groups excluding carboxylic acids is 1. The fourth-order valence-corrected chi connectivity index (χ4v) is 3.27. The molecule has 0 bridgehead atoms. The van der Waals surface area contributed by atoms with Crippen molar-refractivity contribution < 1.29 is 18.9 Å². The first-order valence-electron chi connectivity index (χ1n) is 9.33. The molecule has 154 valence electrons. The number of methoxy groups -OCH3 is 1. The minimum atomic E-state index is -0.332. The number of nitrogens with zero attached hydrogens (tertiary/aromatic N) is 3. The highest BCUT2D eigenvalue weighted by Gasteiger charge is 2.28. The Morgan fingerprint density at radius 3 is 2.97 bits per heavy atom. The topological polar surface area (TPSA) is 98.8 Å². The van der Waals surface area contributed by atoms with Crippen LogP contribution in [0.4, 0.5) is 0 Å². The molecule has 0 saturated heterocycles. The van der Waals surface area contributed by atoms with Crippen LogP contribution < -0.4 is 10.1 Å². The smallest absolute Gasteiger partial charge is 0.269 e. The highest BCUT2D eigenvalue weighted by atomic mass is 35.5. The molecule has 1 atom stereocenters. The van der Waals surface area contributed by atoms with E-state index in [2.05, 4.69) is 20.6 Å². The highest BCUT2D eigenvalue weighted by molar-refractivity contribution is 6.39. The second-order valence-electron chi connectivity index (χ2n) is 6.69. The number of hydrogen-bond acceptors (Lipinski definition) is 7. The lowest BCUT2D eigenvalue weighted by Gasteiger charge is -2.09. The highest BCUT2D eigenvalue weighted by Crippen LogP contribution is 2.22. The number of amides is 1. The summed E-state index contributed by atoms with van der Waals surface area (Å²) in [4.78, 5) is 22.2. The summed E-state index contributed by atoms with van der Waals surface area (Å²) in [5.41, 5.74) is 1.94. The first-order chi connectivity index (χ1) is 14.6. The molecule has 1 aliphatic rings. The number of benzene rings is 2. The summed E-state index contributed by atoms with van der Waals surface area (Å²) >= 11 is 6.00. The van der Waals surface area contributed by atoms with Crippen LogP contribution in [0.25, 0.3) is 11.5 Å². The van der Waals surface area contributed by atoms with Gasteiger partial charge < -0.3 is 19.4 Å². The third-order valence-corrected chi connectivity index (χ3v) is 4.81. The lowest BCUT2D eigenvalue weighted by atomic mass is 10.1. The maximum Gasteiger partial charge on any atom is 0.269 e. The van der Waals surface area contributed by atoms with Gasteiger partial charge in [-0.1, -0.05) is 46.2 Å². The van der Waals surface area contributed by atoms with Crippen LogP contribution in [0.15, 0.2) is 58.2 Å². The summed E-state index contributed by atoms with van der Waals surface area (Å²) in [6.45, 7) is 0.334. The first kappa shape index (κ1) is 19.9. The van der Waals surface area contributed by atoms with E-state index < -0.39 is 0 Å². The van der Waals surface area contributed by atoms with Gasteiger partial charge in [0.15, 0.2) is 5.82 Å². The number of carbonyl (C=O) groups is 1. The number of nitrogens with one attached hydrogen (secondary N) is 1. The predicted octanol–water partition coefficient (Wildman–Crippen LogP) is 3.40. The van der Waals surface area contributed by atoms with Crippen LogP contribution in [0.3, 0.4) is 0 Å². The second kappa shape index (κ2) is 8.96. The molecule has 1 N–H and O–H groups in total. The standard InChI is InChI=1S/C21H19ClN4O4/c1-28-18-8-3-2-5-14(18)12-23-20(27)17-10-16(29-25-17)11-19-24-21(30-26-19)13-6-4-7-15(22)9-13/h2-9,16H,10-12H2,1H3,(H,23,27). The zero-order chi connectivity index (χ0) is 20.9. The first-order valence-corrected chi connectivity index (χ1v) is 9.71. The van der Waals surface area contributed by atoms with Crippen molar-refractivity contribution in [2.75, 3.05) is 7.11 Å². The van der Waals surface area contributed by atoms with Crippen LogP contribution in [0.2, 0.25) is 5.02 Å². The molecule has 3 aromatic rings. The third-order valence-electron chi connectivity index (χ3n) is 4.58. The Morgan fingerprint density at radius 1 is 1.27 bits per heavy atom. The summed E-state index contributed by atoms with van der Waals surface area (Å²) in [6.07, 6.45) is 0.400. The quantitative estimate of drug-likeness (QED) is 0.621. The molecule has 0 fully saturated rings. The van der Waals surface area contributed by atoms with Crippen molar-refractivity contribution in [2.24, 2.45) is 5.16 Å².